The van der Waals surface area contributed by atoms with Crippen molar-refractivity contribution in [1.29, 1.82) is 0 Å². The average Bonchev–Trinajstić information content (AvgIpc) is 2.67. The van der Waals surface area contributed by atoms with Crippen LogP contribution in [0.2, 0.25) is 0 Å². The number of amides is 2. The van der Waals surface area contributed by atoms with E-state index in [1.807, 2.05) is 13.8 Å². The number of hydrogen-bond acceptors (Lipinski definition) is 3. The van der Waals surface area contributed by atoms with Crippen LogP contribution in [0, 0.1) is 11.8 Å². The first-order chi connectivity index (χ1) is 7.92. The Bertz CT molecular complexity index is 341. The second-order valence-corrected chi connectivity index (χ2v) is 5.50. The fraction of sp³-hybridized carbons (Fsp3) is 0.833. The summed E-state index contributed by atoms with van der Waals surface area (Å²) < 4.78 is 5.39. The van der Waals surface area contributed by atoms with E-state index in [4.69, 9.17) is 10.5 Å². The second-order valence-electron chi connectivity index (χ2n) is 5.50. The Balaban J connectivity index is 1.81. The molecule has 1 aliphatic heterocycles. The maximum atomic E-state index is 11.9. The largest absolute Gasteiger partial charge is 0.369 e. The first-order valence-electron chi connectivity index (χ1n) is 6.16. The molecule has 1 heterocycles. The lowest BCUT2D eigenvalue weighted by atomic mass is 9.94. The molecule has 0 bridgehead atoms. The first kappa shape index (κ1) is 12.4. The van der Waals surface area contributed by atoms with Crippen LogP contribution in [-0.2, 0) is 14.3 Å². The Morgan fingerprint density at radius 1 is 1.35 bits per heavy atom. The van der Waals surface area contributed by atoms with E-state index < -0.39 is 0 Å². The third-order valence-electron chi connectivity index (χ3n) is 3.84. The minimum absolute atomic E-state index is 0.0578. The van der Waals surface area contributed by atoms with Gasteiger partial charge in [0.15, 0.2) is 0 Å². The number of nitrogens with two attached hydrogens (primary N) is 1. The molecule has 3 N–H and O–H groups in total. The van der Waals surface area contributed by atoms with Gasteiger partial charge in [0.05, 0.1) is 5.60 Å². The maximum Gasteiger partial charge on any atom is 0.224 e. The van der Waals surface area contributed by atoms with E-state index in [1.165, 1.54) is 0 Å². The monoisotopic (exact) mass is 240 g/mol. The highest BCUT2D eigenvalue weighted by molar-refractivity contribution is 5.87. The van der Waals surface area contributed by atoms with Gasteiger partial charge in [-0.05, 0) is 26.7 Å². The molecule has 1 aliphatic carbocycles. The molecule has 0 aromatic rings. The minimum atomic E-state index is -0.356. The molecule has 5 nitrogen and oxygen atoms in total. The number of rotatable bonds is 4. The molecule has 2 amide bonds. The van der Waals surface area contributed by atoms with E-state index in [0.29, 0.717) is 6.54 Å². The predicted octanol–water partition coefficient (Wildman–Crippen LogP) is 0.182. The Kier molecular flexibility index (Phi) is 3.12. The molecule has 17 heavy (non-hydrogen) atoms. The zero-order valence-electron chi connectivity index (χ0n) is 10.4. The second kappa shape index (κ2) is 4.29. The summed E-state index contributed by atoms with van der Waals surface area (Å²) in [5, 5.41) is 2.86. The highest BCUT2D eigenvalue weighted by Gasteiger charge is 2.48. The van der Waals surface area contributed by atoms with Crippen LogP contribution >= 0.6 is 0 Å². The van der Waals surface area contributed by atoms with Crippen LogP contribution in [-0.4, -0.2) is 30.1 Å². The van der Waals surface area contributed by atoms with E-state index in [9.17, 15) is 9.59 Å². The highest BCUT2D eigenvalue weighted by Crippen LogP contribution is 2.35. The maximum absolute atomic E-state index is 11.9. The minimum Gasteiger partial charge on any atom is -0.369 e. The van der Waals surface area contributed by atoms with Gasteiger partial charge < -0.3 is 15.8 Å². The number of epoxide rings is 1. The van der Waals surface area contributed by atoms with Crippen LogP contribution in [0.1, 0.15) is 33.1 Å². The van der Waals surface area contributed by atoms with E-state index in [1.54, 1.807) is 0 Å². The van der Waals surface area contributed by atoms with E-state index in [-0.39, 0.29) is 35.4 Å². The van der Waals surface area contributed by atoms with E-state index in [0.717, 1.165) is 19.3 Å². The lowest BCUT2D eigenvalue weighted by Gasteiger charge is -2.15. The van der Waals surface area contributed by atoms with Crippen molar-refractivity contribution in [2.24, 2.45) is 17.6 Å². The molecule has 2 fully saturated rings. The standard InChI is InChI=1S/C12H20N2O3/c1-12(2)9(17-12)6-14-11(16)8-5-3-4-7(8)10(13)15/h7-9H,3-6H2,1-2H3,(H2,13,15)(H,14,16). The SMILES string of the molecule is CC1(C)OC1CNC(=O)C1CCCC1C(N)=O. The quantitative estimate of drug-likeness (QED) is 0.687. The molecular formula is C12H20N2O3. The molecule has 2 rings (SSSR count). The number of primary amides is 1. The Morgan fingerprint density at radius 2 is 1.94 bits per heavy atom. The van der Waals surface area contributed by atoms with Crippen molar-refractivity contribution in [2.75, 3.05) is 6.54 Å². The van der Waals surface area contributed by atoms with Gasteiger partial charge in [0.1, 0.15) is 6.10 Å². The topological polar surface area (TPSA) is 84.7 Å². The van der Waals surface area contributed by atoms with Gasteiger partial charge >= 0.3 is 0 Å². The number of carbonyl (C=O) groups is 2. The van der Waals surface area contributed by atoms with Crippen LogP contribution in [0.3, 0.4) is 0 Å². The lowest BCUT2D eigenvalue weighted by molar-refractivity contribution is -0.132. The number of carbonyl (C=O) groups excluding carboxylic acids is 2. The molecule has 0 radical (unpaired) electrons. The van der Waals surface area contributed by atoms with Crippen molar-refractivity contribution < 1.29 is 14.3 Å². The van der Waals surface area contributed by atoms with Crippen molar-refractivity contribution >= 4 is 11.8 Å². The average molecular weight is 240 g/mol. The summed E-state index contributed by atoms with van der Waals surface area (Å²) in [5.41, 5.74) is 5.17. The summed E-state index contributed by atoms with van der Waals surface area (Å²) in [6.07, 6.45) is 2.49. The molecule has 1 saturated carbocycles. The van der Waals surface area contributed by atoms with Gasteiger partial charge in [-0.2, -0.15) is 0 Å². The third kappa shape index (κ3) is 2.60. The molecule has 3 unspecified atom stereocenters. The zero-order valence-corrected chi connectivity index (χ0v) is 10.4. The molecular weight excluding hydrogens is 220 g/mol. The summed E-state index contributed by atoms with van der Waals surface area (Å²) >= 11 is 0. The molecule has 3 atom stereocenters. The molecule has 0 spiro atoms. The summed E-state index contributed by atoms with van der Waals surface area (Å²) in [6, 6.07) is 0. The number of ether oxygens (including phenoxy) is 1. The van der Waals surface area contributed by atoms with Gasteiger partial charge in [0.2, 0.25) is 11.8 Å². The van der Waals surface area contributed by atoms with Crippen LogP contribution in [0.5, 0.6) is 0 Å². The lowest BCUT2D eigenvalue weighted by Crippen LogP contribution is -2.39. The van der Waals surface area contributed by atoms with Crippen LogP contribution in [0.4, 0.5) is 0 Å². The summed E-state index contributed by atoms with van der Waals surface area (Å²) in [5.74, 6) is -0.944. The normalized spacial score (nSPS) is 34.4. The van der Waals surface area contributed by atoms with Gasteiger partial charge in [0, 0.05) is 18.4 Å². The summed E-state index contributed by atoms with van der Waals surface area (Å²) in [6.45, 7) is 4.50. The van der Waals surface area contributed by atoms with Crippen LogP contribution in [0.25, 0.3) is 0 Å². The van der Waals surface area contributed by atoms with Crippen LogP contribution in [0.15, 0.2) is 0 Å². The van der Waals surface area contributed by atoms with Gasteiger partial charge in [-0.15, -0.1) is 0 Å². The van der Waals surface area contributed by atoms with Gasteiger partial charge in [-0.3, -0.25) is 9.59 Å². The van der Waals surface area contributed by atoms with Crippen molar-refractivity contribution in [1.82, 2.24) is 5.32 Å². The summed E-state index contributed by atoms with van der Waals surface area (Å²) in [7, 11) is 0. The van der Waals surface area contributed by atoms with Crippen molar-refractivity contribution in [2.45, 2.75) is 44.8 Å². The number of nitrogens with one attached hydrogen (secondary N) is 1. The fourth-order valence-corrected chi connectivity index (χ4v) is 2.56. The fourth-order valence-electron chi connectivity index (χ4n) is 2.56. The van der Waals surface area contributed by atoms with Crippen molar-refractivity contribution in [3.05, 3.63) is 0 Å². The molecule has 96 valence electrons. The van der Waals surface area contributed by atoms with Gasteiger partial charge in [-0.25, -0.2) is 0 Å². The predicted molar refractivity (Wildman–Crippen MR) is 62.0 cm³/mol. The molecule has 0 aromatic carbocycles. The third-order valence-corrected chi connectivity index (χ3v) is 3.84. The molecule has 1 saturated heterocycles. The molecule has 0 aromatic heterocycles. The Labute approximate surface area is 101 Å². The van der Waals surface area contributed by atoms with Crippen LogP contribution < -0.4 is 11.1 Å². The van der Waals surface area contributed by atoms with Gasteiger partial charge in [0.25, 0.3) is 0 Å². The van der Waals surface area contributed by atoms with Gasteiger partial charge in [-0.1, -0.05) is 6.42 Å². The van der Waals surface area contributed by atoms with E-state index in [2.05, 4.69) is 5.32 Å². The Hall–Kier alpha value is -1.10. The van der Waals surface area contributed by atoms with E-state index >= 15 is 0 Å². The molecule has 5 heteroatoms. The molecule has 2 aliphatic rings. The zero-order chi connectivity index (χ0) is 12.6. The first-order valence-corrected chi connectivity index (χ1v) is 6.16. The number of hydrogen-bond donors (Lipinski definition) is 2. The van der Waals surface area contributed by atoms with Crippen molar-refractivity contribution in [3.63, 3.8) is 0 Å². The smallest absolute Gasteiger partial charge is 0.224 e. The summed E-state index contributed by atoms with van der Waals surface area (Å²) in [4.78, 5) is 23.1. The highest BCUT2D eigenvalue weighted by atomic mass is 16.6. The Morgan fingerprint density at radius 3 is 2.47 bits per heavy atom. The van der Waals surface area contributed by atoms with Crippen molar-refractivity contribution in [3.8, 4) is 0 Å².